The minimum absolute atomic E-state index is 0.0514. The molecule has 1 aromatic heterocycles. The summed E-state index contributed by atoms with van der Waals surface area (Å²) in [5.41, 5.74) is 4.89. The minimum Gasteiger partial charge on any atom is -0.484 e. The summed E-state index contributed by atoms with van der Waals surface area (Å²) in [6.45, 7) is 0.511. The Hall–Kier alpha value is -4.00. The molecule has 0 aliphatic rings. The van der Waals surface area contributed by atoms with Gasteiger partial charge in [0.2, 0.25) is 0 Å². The number of hydrazone groups is 1. The molecule has 0 radical (unpaired) electrons. The molecule has 0 atom stereocenters. The van der Waals surface area contributed by atoms with E-state index in [1.54, 1.807) is 48.8 Å². The molecule has 0 aliphatic carbocycles. The van der Waals surface area contributed by atoms with Gasteiger partial charge in [-0.3, -0.25) is 14.6 Å². The van der Waals surface area contributed by atoms with Gasteiger partial charge in [0.1, 0.15) is 5.75 Å². The number of hydrogen-bond acceptors (Lipinski definition) is 5. The summed E-state index contributed by atoms with van der Waals surface area (Å²) in [4.78, 5) is 27.6. The van der Waals surface area contributed by atoms with Crippen molar-refractivity contribution in [2.24, 2.45) is 5.10 Å². The van der Waals surface area contributed by atoms with E-state index in [0.717, 1.165) is 12.0 Å². The van der Waals surface area contributed by atoms with Gasteiger partial charge in [-0.25, -0.2) is 5.43 Å². The average Bonchev–Trinajstić information content (AvgIpc) is 2.80. The molecule has 3 rings (SSSR count). The predicted molar refractivity (Wildman–Crippen MR) is 114 cm³/mol. The van der Waals surface area contributed by atoms with Crippen molar-refractivity contribution in [3.05, 3.63) is 95.8 Å². The van der Waals surface area contributed by atoms with Gasteiger partial charge in [0.15, 0.2) is 6.61 Å². The van der Waals surface area contributed by atoms with Crippen LogP contribution in [0.25, 0.3) is 0 Å². The van der Waals surface area contributed by atoms with Crippen LogP contribution in [-0.4, -0.2) is 36.2 Å². The molecule has 1 heterocycles. The number of carbonyl (C=O) groups is 2. The van der Waals surface area contributed by atoms with E-state index in [2.05, 4.69) is 20.8 Å². The van der Waals surface area contributed by atoms with Crippen LogP contribution >= 0.6 is 0 Å². The highest BCUT2D eigenvalue weighted by Gasteiger charge is 2.04. The largest absolute Gasteiger partial charge is 0.484 e. The number of benzene rings is 2. The third-order valence-electron chi connectivity index (χ3n) is 4.15. The third kappa shape index (κ3) is 6.87. The van der Waals surface area contributed by atoms with Crippen molar-refractivity contribution >= 4 is 18.0 Å². The second-order valence-corrected chi connectivity index (χ2v) is 6.38. The van der Waals surface area contributed by atoms with Crippen LogP contribution in [0.4, 0.5) is 0 Å². The van der Waals surface area contributed by atoms with Crippen LogP contribution in [0.5, 0.6) is 5.75 Å². The molecule has 0 saturated carbocycles. The Balaban J connectivity index is 1.37. The molecule has 7 heteroatoms. The molecule has 3 aromatic rings. The molecular formula is C23H22N4O3. The molecule has 7 nitrogen and oxygen atoms in total. The van der Waals surface area contributed by atoms with Gasteiger partial charge in [0, 0.05) is 24.5 Å². The monoisotopic (exact) mass is 402 g/mol. The molecule has 0 unspecified atom stereocenters. The van der Waals surface area contributed by atoms with Gasteiger partial charge in [-0.15, -0.1) is 0 Å². The third-order valence-corrected chi connectivity index (χ3v) is 4.15. The van der Waals surface area contributed by atoms with Gasteiger partial charge in [-0.2, -0.15) is 5.10 Å². The van der Waals surface area contributed by atoms with E-state index < -0.39 is 0 Å². The molecule has 152 valence electrons. The number of pyridine rings is 1. The van der Waals surface area contributed by atoms with Crippen molar-refractivity contribution in [2.75, 3.05) is 13.2 Å². The average molecular weight is 402 g/mol. The highest BCUT2D eigenvalue weighted by molar-refractivity contribution is 5.94. The van der Waals surface area contributed by atoms with Gasteiger partial charge >= 0.3 is 0 Å². The Morgan fingerprint density at radius 1 is 0.967 bits per heavy atom. The maximum atomic E-state index is 11.9. The standard InChI is InChI=1S/C23H22N4O3/c28-22(25-15-10-18-4-2-1-3-5-18)17-30-21-8-6-19(7-9-21)16-26-27-23(29)20-11-13-24-14-12-20/h1-9,11-14,16H,10,15,17H2,(H,25,28)(H,27,29)/b26-16+. The first-order valence-electron chi connectivity index (χ1n) is 9.47. The van der Waals surface area contributed by atoms with E-state index in [4.69, 9.17) is 4.74 Å². The molecule has 0 saturated heterocycles. The van der Waals surface area contributed by atoms with Gasteiger partial charge < -0.3 is 10.1 Å². The summed E-state index contributed by atoms with van der Waals surface area (Å²) in [6.07, 6.45) is 5.39. The highest BCUT2D eigenvalue weighted by atomic mass is 16.5. The van der Waals surface area contributed by atoms with Crippen molar-refractivity contribution in [1.82, 2.24) is 15.7 Å². The quantitative estimate of drug-likeness (QED) is 0.425. The zero-order valence-corrected chi connectivity index (χ0v) is 16.3. The number of carbonyl (C=O) groups excluding carboxylic acids is 2. The highest BCUT2D eigenvalue weighted by Crippen LogP contribution is 2.11. The number of aromatic nitrogens is 1. The fourth-order valence-corrected chi connectivity index (χ4v) is 2.57. The maximum Gasteiger partial charge on any atom is 0.271 e. The Labute approximate surface area is 174 Å². The van der Waals surface area contributed by atoms with Crippen LogP contribution in [0.1, 0.15) is 21.5 Å². The summed E-state index contributed by atoms with van der Waals surface area (Å²) < 4.78 is 5.49. The molecule has 0 fully saturated rings. The summed E-state index contributed by atoms with van der Waals surface area (Å²) in [6, 6.07) is 20.2. The van der Waals surface area contributed by atoms with E-state index in [0.29, 0.717) is 17.9 Å². The Morgan fingerprint density at radius 2 is 1.70 bits per heavy atom. The Morgan fingerprint density at radius 3 is 2.43 bits per heavy atom. The van der Waals surface area contributed by atoms with Crippen molar-refractivity contribution in [2.45, 2.75) is 6.42 Å². The van der Waals surface area contributed by atoms with Crippen molar-refractivity contribution in [3.63, 3.8) is 0 Å². The van der Waals surface area contributed by atoms with Crippen molar-refractivity contribution in [3.8, 4) is 5.75 Å². The molecule has 0 bridgehead atoms. The van der Waals surface area contributed by atoms with Crippen LogP contribution in [0, 0.1) is 0 Å². The van der Waals surface area contributed by atoms with Crippen molar-refractivity contribution in [1.29, 1.82) is 0 Å². The van der Waals surface area contributed by atoms with Gasteiger partial charge in [-0.05, 0) is 53.9 Å². The second kappa shape index (κ2) is 11.1. The van der Waals surface area contributed by atoms with Crippen LogP contribution in [0.15, 0.2) is 84.2 Å². The van der Waals surface area contributed by atoms with Crippen LogP contribution in [0.2, 0.25) is 0 Å². The fourth-order valence-electron chi connectivity index (χ4n) is 2.57. The normalized spacial score (nSPS) is 10.5. The Bertz CT molecular complexity index is 974. The van der Waals surface area contributed by atoms with E-state index >= 15 is 0 Å². The number of hydrogen-bond donors (Lipinski definition) is 2. The van der Waals surface area contributed by atoms with Gasteiger partial charge in [-0.1, -0.05) is 30.3 Å². The summed E-state index contributed by atoms with van der Waals surface area (Å²) in [5, 5.41) is 6.77. The number of nitrogens with one attached hydrogen (secondary N) is 2. The van der Waals surface area contributed by atoms with E-state index in [1.165, 1.54) is 11.8 Å². The first kappa shape index (κ1) is 20.7. The van der Waals surface area contributed by atoms with Crippen LogP contribution in [-0.2, 0) is 11.2 Å². The lowest BCUT2D eigenvalue weighted by Gasteiger charge is -2.08. The molecule has 0 aliphatic heterocycles. The molecule has 30 heavy (non-hydrogen) atoms. The van der Waals surface area contributed by atoms with E-state index in [9.17, 15) is 9.59 Å². The molecular weight excluding hydrogens is 380 g/mol. The summed E-state index contributed by atoms with van der Waals surface area (Å²) >= 11 is 0. The van der Waals surface area contributed by atoms with E-state index in [1.807, 2.05) is 30.3 Å². The van der Waals surface area contributed by atoms with Gasteiger partial charge in [0.05, 0.1) is 6.21 Å². The zero-order valence-electron chi connectivity index (χ0n) is 16.3. The number of rotatable bonds is 9. The fraction of sp³-hybridized carbons (Fsp3) is 0.130. The number of nitrogens with zero attached hydrogens (tertiary/aromatic N) is 2. The first-order chi connectivity index (χ1) is 14.7. The maximum absolute atomic E-state index is 11.9. The SMILES string of the molecule is O=C(COc1ccc(/C=N/NC(=O)c2ccncc2)cc1)NCCc1ccccc1. The minimum atomic E-state index is -0.313. The molecule has 2 amide bonds. The predicted octanol–water partition coefficient (Wildman–Crippen LogP) is 2.58. The summed E-state index contributed by atoms with van der Waals surface area (Å²) in [5.74, 6) is 0.0912. The summed E-state index contributed by atoms with van der Waals surface area (Å²) in [7, 11) is 0. The van der Waals surface area contributed by atoms with E-state index in [-0.39, 0.29) is 18.4 Å². The second-order valence-electron chi connectivity index (χ2n) is 6.38. The van der Waals surface area contributed by atoms with Crippen LogP contribution < -0.4 is 15.5 Å². The van der Waals surface area contributed by atoms with Crippen molar-refractivity contribution < 1.29 is 14.3 Å². The Kier molecular flexibility index (Phi) is 7.68. The lowest BCUT2D eigenvalue weighted by Crippen LogP contribution is -2.30. The lowest BCUT2D eigenvalue weighted by atomic mass is 10.1. The number of ether oxygens (including phenoxy) is 1. The first-order valence-corrected chi connectivity index (χ1v) is 9.47. The molecule has 2 aromatic carbocycles. The zero-order chi connectivity index (χ0) is 21.0. The smallest absolute Gasteiger partial charge is 0.271 e. The number of amides is 2. The molecule has 0 spiro atoms. The lowest BCUT2D eigenvalue weighted by molar-refractivity contribution is -0.123. The van der Waals surface area contributed by atoms with Gasteiger partial charge in [0.25, 0.3) is 11.8 Å². The molecule has 2 N–H and O–H groups in total. The van der Waals surface area contributed by atoms with Crippen LogP contribution in [0.3, 0.4) is 0 Å². The topological polar surface area (TPSA) is 92.7 Å².